The first-order chi connectivity index (χ1) is 10.5. The van der Waals surface area contributed by atoms with Gasteiger partial charge in [0.15, 0.2) is 0 Å². The molecule has 6 nitrogen and oxygen atoms in total. The number of rotatable bonds is 5. The predicted molar refractivity (Wildman–Crippen MR) is 92.1 cm³/mol. The summed E-state index contributed by atoms with van der Waals surface area (Å²) in [6.45, 7) is 5.85. The highest BCUT2D eigenvalue weighted by molar-refractivity contribution is 5.96. The Morgan fingerprint density at radius 1 is 1.30 bits per heavy atom. The molecule has 2 rings (SSSR count). The van der Waals surface area contributed by atoms with Crippen molar-refractivity contribution >= 4 is 29.9 Å². The van der Waals surface area contributed by atoms with Gasteiger partial charge in [0.05, 0.1) is 13.2 Å². The van der Waals surface area contributed by atoms with Crippen molar-refractivity contribution in [1.82, 2.24) is 10.6 Å². The van der Waals surface area contributed by atoms with Crippen molar-refractivity contribution in [3.05, 3.63) is 29.8 Å². The third kappa shape index (κ3) is 6.56. The van der Waals surface area contributed by atoms with Crippen molar-refractivity contribution < 1.29 is 14.3 Å². The van der Waals surface area contributed by atoms with Gasteiger partial charge in [0.25, 0.3) is 5.91 Å². The molecule has 23 heavy (non-hydrogen) atoms. The number of carbonyl (C=O) groups is 2. The summed E-state index contributed by atoms with van der Waals surface area (Å²) < 4.78 is 5.32. The molecule has 2 amide bonds. The zero-order valence-corrected chi connectivity index (χ0v) is 14.2. The molecule has 0 aliphatic carbocycles. The molecular formula is C16H24ClN3O3. The molecule has 1 fully saturated rings. The predicted octanol–water partition coefficient (Wildman–Crippen LogP) is 1.56. The van der Waals surface area contributed by atoms with E-state index in [0.29, 0.717) is 30.9 Å². The second kappa shape index (κ2) is 9.50. The minimum Gasteiger partial charge on any atom is -0.378 e. The van der Waals surface area contributed by atoms with Crippen LogP contribution in [0.15, 0.2) is 24.3 Å². The van der Waals surface area contributed by atoms with Crippen LogP contribution >= 0.6 is 12.4 Å². The Bertz CT molecular complexity index is 514. The molecule has 1 aliphatic heterocycles. The third-order valence-electron chi connectivity index (χ3n) is 3.28. The van der Waals surface area contributed by atoms with Crippen molar-refractivity contribution in [2.24, 2.45) is 0 Å². The molecule has 1 saturated heterocycles. The summed E-state index contributed by atoms with van der Waals surface area (Å²) in [6, 6.07) is 7.03. The van der Waals surface area contributed by atoms with Gasteiger partial charge >= 0.3 is 0 Å². The van der Waals surface area contributed by atoms with Crippen LogP contribution in [-0.2, 0) is 9.53 Å². The van der Waals surface area contributed by atoms with Crippen molar-refractivity contribution in [2.45, 2.75) is 32.4 Å². The molecule has 1 unspecified atom stereocenters. The summed E-state index contributed by atoms with van der Waals surface area (Å²) in [5.74, 6) is -0.182. The van der Waals surface area contributed by atoms with Gasteiger partial charge in [0, 0.05) is 36.3 Å². The molecule has 0 radical (unpaired) electrons. The molecule has 0 bridgehead atoms. The topological polar surface area (TPSA) is 79.5 Å². The summed E-state index contributed by atoms with van der Waals surface area (Å²) in [5, 5.41) is 8.89. The van der Waals surface area contributed by atoms with Crippen LogP contribution in [0.1, 0.15) is 30.6 Å². The van der Waals surface area contributed by atoms with E-state index in [4.69, 9.17) is 4.74 Å². The Morgan fingerprint density at radius 3 is 2.57 bits per heavy atom. The quantitative estimate of drug-likeness (QED) is 0.759. The summed E-state index contributed by atoms with van der Waals surface area (Å²) in [6.07, 6.45) is 0.371. The monoisotopic (exact) mass is 341 g/mol. The van der Waals surface area contributed by atoms with Gasteiger partial charge in [-0.1, -0.05) is 0 Å². The molecule has 0 saturated carbocycles. The van der Waals surface area contributed by atoms with Crippen LogP contribution in [0.25, 0.3) is 0 Å². The van der Waals surface area contributed by atoms with Gasteiger partial charge in [-0.25, -0.2) is 0 Å². The first-order valence-corrected chi connectivity index (χ1v) is 7.56. The van der Waals surface area contributed by atoms with E-state index in [0.717, 1.165) is 6.54 Å². The minimum absolute atomic E-state index is 0. The Hall–Kier alpha value is -1.63. The van der Waals surface area contributed by atoms with E-state index in [9.17, 15) is 9.59 Å². The summed E-state index contributed by atoms with van der Waals surface area (Å²) in [5.41, 5.74) is 1.26. The van der Waals surface area contributed by atoms with Crippen LogP contribution in [0.2, 0.25) is 0 Å². The maximum atomic E-state index is 12.0. The number of morpholine rings is 1. The van der Waals surface area contributed by atoms with Crippen molar-refractivity contribution in [2.75, 3.05) is 25.1 Å². The molecule has 7 heteroatoms. The zero-order chi connectivity index (χ0) is 15.9. The van der Waals surface area contributed by atoms with Gasteiger partial charge in [-0.05, 0) is 38.1 Å². The Kier molecular flexibility index (Phi) is 8.02. The van der Waals surface area contributed by atoms with Gasteiger partial charge in [0.1, 0.15) is 0 Å². The molecule has 1 aliphatic rings. The Morgan fingerprint density at radius 2 is 2.00 bits per heavy atom. The molecule has 0 aromatic heterocycles. The smallest absolute Gasteiger partial charge is 0.251 e. The lowest BCUT2D eigenvalue weighted by molar-refractivity contribution is -0.117. The maximum absolute atomic E-state index is 12.0. The lowest BCUT2D eigenvalue weighted by atomic mass is 10.1. The average Bonchev–Trinajstić information content (AvgIpc) is 2.48. The van der Waals surface area contributed by atoms with E-state index < -0.39 is 0 Å². The Labute approximate surface area is 142 Å². The largest absolute Gasteiger partial charge is 0.378 e. The van der Waals surface area contributed by atoms with Crippen LogP contribution < -0.4 is 16.0 Å². The first-order valence-electron chi connectivity index (χ1n) is 7.56. The number of anilines is 1. The number of carbonyl (C=O) groups excluding carboxylic acids is 2. The van der Waals surface area contributed by atoms with E-state index in [1.54, 1.807) is 24.3 Å². The van der Waals surface area contributed by atoms with Crippen LogP contribution in [0, 0.1) is 0 Å². The van der Waals surface area contributed by atoms with Crippen LogP contribution in [0.3, 0.4) is 0 Å². The molecular weight excluding hydrogens is 318 g/mol. The maximum Gasteiger partial charge on any atom is 0.251 e. The van der Waals surface area contributed by atoms with Crippen molar-refractivity contribution in [1.29, 1.82) is 0 Å². The van der Waals surface area contributed by atoms with Gasteiger partial charge in [-0.3, -0.25) is 9.59 Å². The average molecular weight is 342 g/mol. The van der Waals surface area contributed by atoms with Crippen LogP contribution in [-0.4, -0.2) is 43.7 Å². The summed E-state index contributed by atoms with van der Waals surface area (Å²) in [7, 11) is 0. The molecule has 1 heterocycles. The number of hydrogen-bond donors (Lipinski definition) is 3. The van der Waals surface area contributed by atoms with E-state index in [2.05, 4.69) is 16.0 Å². The van der Waals surface area contributed by atoms with Crippen molar-refractivity contribution in [3.63, 3.8) is 0 Å². The number of benzene rings is 1. The molecule has 0 spiro atoms. The first kappa shape index (κ1) is 19.4. The summed E-state index contributed by atoms with van der Waals surface area (Å²) >= 11 is 0. The van der Waals surface area contributed by atoms with Crippen LogP contribution in [0.4, 0.5) is 5.69 Å². The highest BCUT2D eigenvalue weighted by Crippen LogP contribution is 2.11. The third-order valence-corrected chi connectivity index (χ3v) is 3.28. The lowest BCUT2D eigenvalue weighted by Gasteiger charge is -2.23. The molecule has 1 atom stereocenters. The molecule has 1 aromatic carbocycles. The Balaban J connectivity index is 0.00000264. The fraction of sp³-hybridized carbons (Fsp3) is 0.500. The highest BCUT2D eigenvalue weighted by atomic mass is 35.5. The van der Waals surface area contributed by atoms with E-state index in [1.807, 2.05) is 13.8 Å². The number of halogens is 1. The van der Waals surface area contributed by atoms with Gasteiger partial charge in [0.2, 0.25) is 5.91 Å². The number of ether oxygens (including phenoxy) is 1. The number of amides is 2. The second-order valence-corrected chi connectivity index (χ2v) is 5.68. The number of nitrogens with one attached hydrogen (secondary N) is 3. The second-order valence-electron chi connectivity index (χ2n) is 5.68. The normalized spacial score (nSPS) is 17.3. The fourth-order valence-electron chi connectivity index (χ4n) is 2.24. The van der Waals surface area contributed by atoms with Gasteiger partial charge < -0.3 is 20.7 Å². The molecule has 1 aromatic rings. The minimum atomic E-state index is -0.114. The van der Waals surface area contributed by atoms with Gasteiger partial charge in [-0.15, -0.1) is 12.4 Å². The standard InChI is InChI=1S/C16H23N3O3.ClH/c1-11(2)18-16(21)12-3-5-13(6-4-12)19-15(20)9-14-10-22-8-7-17-14;/h3-6,11,14,17H,7-10H2,1-2H3,(H,18,21)(H,19,20);1H. The molecule has 3 N–H and O–H groups in total. The SMILES string of the molecule is CC(C)NC(=O)c1ccc(NC(=O)CC2COCCN2)cc1.Cl. The highest BCUT2D eigenvalue weighted by Gasteiger charge is 2.17. The lowest BCUT2D eigenvalue weighted by Crippen LogP contribution is -2.43. The molecule has 128 valence electrons. The van der Waals surface area contributed by atoms with E-state index >= 15 is 0 Å². The van der Waals surface area contributed by atoms with E-state index in [-0.39, 0.29) is 36.3 Å². The summed E-state index contributed by atoms with van der Waals surface area (Å²) in [4.78, 5) is 23.8. The zero-order valence-electron chi connectivity index (χ0n) is 13.4. The van der Waals surface area contributed by atoms with Gasteiger partial charge in [-0.2, -0.15) is 0 Å². The van der Waals surface area contributed by atoms with Crippen molar-refractivity contribution in [3.8, 4) is 0 Å². The van der Waals surface area contributed by atoms with E-state index in [1.165, 1.54) is 0 Å². The van der Waals surface area contributed by atoms with Crippen LogP contribution in [0.5, 0.6) is 0 Å². The fourth-order valence-corrected chi connectivity index (χ4v) is 2.24. The number of hydrogen-bond acceptors (Lipinski definition) is 4.